The molecule has 0 radical (unpaired) electrons. The molecule has 0 unspecified atom stereocenters. The third-order valence-electron chi connectivity index (χ3n) is 1.71. The third kappa shape index (κ3) is 1.95. The highest BCUT2D eigenvalue weighted by Gasteiger charge is 2.36. The van der Waals surface area contributed by atoms with E-state index >= 15 is 0 Å². The summed E-state index contributed by atoms with van der Waals surface area (Å²) in [6, 6.07) is 0. The maximum absolute atomic E-state index is 8.55. The molecule has 9 heavy (non-hydrogen) atoms. The van der Waals surface area contributed by atoms with Crippen LogP contribution in [0.1, 0.15) is 26.2 Å². The molecule has 1 aliphatic rings. The van der Waals surface area contributed by atoms with Crippen LogP contribution in [0, 0.1) is 0 Å². The van der Waals surface area contributed by atoms with Gasteiger partial charge in [-0.1, -0.05) is 19.8 Å². The lowest BCUT2D eigenvalue weighted by Gasteiger charge is -1.88. The minimum Gasteiger partial charge on any atom is -0.394 e. The third-order valence-corrected chi connectivity index (χ3v) is 1.71. The number of unbranched alkanes of at least 4 members (excludes halogenated alkanes) is 1. The molecule has 0 amide bonds. The Morgan fingerprint density at radius 2 is 2.22 bits per heavy atom. The summed E-state index contributed by atoms with van der Waals surface area (Å²) in [5, 5.41) is 8.55. The molecule has 2 atom stereocenters. The molecule has 0 aromatic rings. The summed E-state index contributed by atoms with van der Waals surface area (Å²) in [4.78, 5) is 0. The van der Waals surface area contributed by atoms with Gasteiger partial charge in [0.1, 0.15) is 6.10 Å². The molecule has 2 nitrogen and oxygen atoms in total. The molecule has 2 heteroatoms. The summed E-state index contributed by atoms with van der Waals surface area (Å²) in [6.07, 6.45) is 4.13. The van der Waals surface area contributed by atoms with Gasteiger partial charge >= 0.3 is 0 Å². The Bertz CT molecular complexity index is 83.0. The minimum atomic E-state index is 0.177. The Balaban J connectivity index is 1.92. The topological polar surface area (TPSA) is 32.8 Å². The molecular formula is C7H14O2. The Morgan fingerprint density at radius 3 is 2.67 bits per heavy atom. The zero-order valence-electron chi connectivity index (χ0n) is 5.84. The van der Waals surface area contributed by atoms with Crippen molar-refractivity contribution in [3.8, 4) is 0 Å². The van der Waals surface area contributed by atoms with Crippen molar-refractivity contribution in [2.45, 2.75) is 38.4 Å². The van der Waals surface area contributed by atoms with Gasteiger partial charge in [0, 0.05) is 0 Å². The summed E-state index contributed by atoms with van der Waals surface area (Å²) in [5.41, 5.74) is 0. The first kappa shape index (κ1) is 7.03. The lowest BCUT2D eigenvalue weighted by atomic mass is 10.2. The predicted octanol–water partition coefficient (Wildman–Crippen LogP) is 0.936. The van der Waals surface area contributed by atoms with Gasteiger partial charge in [-0.05, 0) is 6.42 Å². The number of hydrogen-bond donors (Lipinski definition) is 1. The molecule has 0 aromatic carbocycles. The van der Waals surface area contributed by atoms with E-state index in [1.807, 2.05) is 0 Å². The lowest BCUT2D eigenvalue weighted by molar-refractivity contribution is 0.241. The van der Waals surface area contributed by atoms with E-state index in [9.17, 15) is 0 Å². The van der Waals surface area contributed by atoms with Gasteiger partial charge in [0.2, 0.25) is 0 Å². The lowest BCUT2D eigenvalue weighted by Crippen LogP contribution is -1.98. The zero-order chi connectivity index (χ0) is 6.69. The van der Waals surface area contributed by atoms with Gasteiger partial charge in [-0.15, -0.1) is 0 Å². The van der Waals surface area contributed by atoms with Crippen LogP contribution >= 0.6 is 0 Å². The summed E-state index contributed by atoms with van der Waals surface area (Å²) in [5.74, 6) is 0. The van der Waals surface area contributed by atoms with Crippen LogP contribution in [0.3, 0.4) is 0 Å². The maximum Gasteiger partial charge on any atom is 0.107 e. The molecule has 0 spiro atoms. The number of ether oxygens (including phenoxy) is 1. The van der Waals surface area contributed by atoms with Crippen LogP contribution in [0.4, 0.5) is 0 Å². The Labute approximate surface area is 55.8 Å². The Kier molecular flexibility index (Phi) is 2.49. The first-order valence-corrected chi connectivity index (χ1v) is 3.64. The Hall–Kier alpha value is -0.0800. The second-order valence-corrected chi connectivity index (χ2v) is 2.54. The number of aliphatic hydroxyl groups is 1. The van der Waals surface area contributed by atoms with E-state index in [0.29, 0.717) is 6.10 Å². The molecule has 54 valence electrons. The van der Waals surface area contributed by atoms with Gasteiger partial charge in [-0.2, -0.15) is 0 Å². The summed E-state index contributed by atoms with van der Waals surface area (Å²) in [7, 11) is 0. The van der Waals surface area contributed by atoms with Crippen molar-refractivity contribution in [1.29, 1.82) is 0 Å². The van der Waals surface area contributed by atoms with E-state index in [1.165, 1.54) is 12.8 Å². The van der Waals surface area contributed by atoms with Gasteiger partial charge in [0.15, 0.2) is 0 Å². The first-order valence-electron chi connectivity index (χ1n) is 3.64. The van der Waals surface area contributed by atoms with Crippen molar-refractivity contribution in [3.63, 3.8) is 0 Å². The second kappa shape index (κ2) is 3.18. The van der Waals surface area contributed by atoms with Crippen LogP contribution in [-0.2, 0) is 4.74 Å². The van der Waals surface area contributed by atoms with Gasteiger partial charge in [0.05, 0.1) is 12.7 Å². The fourth-order valence-electron chi connectivity index (χ4n) is 0.999. The predicted molar refractivity (Wildman–Crippen MR) is 35.3 cm³/mol. The van der Waals surface area contributed by atoms with Crippen molar-refractivity contribution < 1.29 is 9.84 Å². The summed E-state index contributed by atoms with van der Waals surface area (Å²) in [6.45, 7) is 2.37. The molecule has 1 rings (SSSR count). The average Bonchev–Trinajstić information content (AvgIpc) is 2.62. The standard InChI is InChI=1S/C7H14O2/c1-2-3-4-6-7(5-8)9-6/h6-8H,2-5H2,1H3/t6-,7+/m1/s1. The number of rotatable bonds is 4. The summed E-state index contributed by atoms with van der Waals surface area (Å²) >= 11 is 0. The van der Waals surface area contributed by atoms with E-state index in [1.54, 1.807) is 0 Å². The molecule has 1 N–H and O–H groups in total. The fourth-order valence-corrected chi connectivity index (χ4v) is 0.999. The van der Waals surface area contributed by atoms with Crippen LogP contribution < -0.4 is 0 Å². The molecule has 0 aliphatic carbocycles. The molecular weight excluding hydrogens is 116 g/mol. The van der Waals surface area contributed by atoms with Gasteiger partial charge < -0.3 is 9.84 Å². The Morgan fingerprint density at radius 1 is 1.44 bits per heavy atom. The van der Waals surface area contributed by atoms with E-state index in [-0.39, 0.29) is 12.7 Å². The number of hydrogen-bond acceptors (Lipinski definition) is 2. The van der Waals surface area contributed by atoms with Crippen LogP contribution in [0.5, 0.6) is 0 Å². The van der Waals surface area contributed by atoms with Crippen LogP contribution in [-0.4, -0.2) is 23.9 Å². The summed E-state index contributed by atoms with van der Waals surface area (Å²) < 4.78 is 5.12. The van der Waals surface area contributed by atoms with E-state index in [4.69, 9.17) is 9.84 Å². The SMILES string of the molecule is CCCC[C@H]1O[C@H]1CO. The number of epoxide rings is 1. The highest BCUT2D eigenvalue weighted by Crippen LogP contribution is 2.25. The average molecular weight is 130 g/mol. The molecule has 1 saturated heterocycles. The van der Waals surface area contributed by atoms with Gasteiger partial charge in [-0.3, -0.25) is 0 Å². The van der Waals surface area contributed by atoms with Crippen LogP contribution in [0.25, 0.3) is 0 Å². The highest BCUT2D eigenvalue weighted by atomic mass is 16.6. The second-order valence-electron chi connectivity index (χ2n) is 2.54. The largest absolute Gasteiger partial charge is 0.394 e. The highest BCUT2D eigenvalue weighted by molar-refractivity contribution is 4.83. The zero-order valence-corrected chi connectivity index (χ0v) is 5.84. The molecule has 1 heterocycles. The molecule has 0 bridgehead atoms. The maximum atomic E-state index is 8.55. The first-order chi connectivity index (χ1) is 4.38. The van der Waals surface area contributed by atoms with Crippen LogP contribution in [0.15, 0.2) is 0 Å². The van der Waals surface area contributed by atoms with Gasteiger partial charge in [0.25, 0.3) is 0 Å². The van der Waals surface area contributed by atoms with Crippen molar-refractivity contribution in [2.75, 3.05) is 6.61 Å². The molecule has 1 aliphatic heterocycles. The van der Waals surface area contributed by atoms with Crippen molar-refractivity contribution in [2.24, 2.45) is 0 Å². The van der Waals surface area contributed by atoms with Crippen molar-refractivity contribution in [1.82, 2.24) is 0 Å². The van der Waals surface area contributed by atoms with E-state index in [0.717, 1.165) is 6.42 Å². The van der Waals surface area contributed by atoms with E-state index < -0.39 is 0 Å². The number of aliphatic hydroxyl groups excluding tert-OH is 1. The fraction of sp³-hybridized carbons (Fsp3) is 1.00. The normalized spacial score (nSPS) is 32.7. The smallest absolute Gasteiger partial charge is 0.107 e. The molecule has 0 aromatic heterocycles. The van der Waals surface area contributed by atoms with Crippen molar-refractivity contribution in [3.05, 3.63) is 0 Å². The monoisotopic (exact) mass is 130 g/mol. The molecule has 0 saturated carbocycles. The van der Waals surface area contributed by atoms with E-state index in [2.05, 4.69) is 6.92 Å². The van der Waals surface area contributed by atoms with Gasteiger partial charge in [-0.25, -0.2) is 0 Å². The van der Waals surface area contributed by atoms with Crippen LogP contribution in [0.2, 0.25) is 0 Å². The minimum absolute atomic E-state index is 0.177. The molecule has 1 fully saturated rings. The quantitative estimate of drug-likeness (QED) is 0.574. The van der Waals surface area contributed by atoms with Crippen molar-refractivity contribution >= 4 is 0 Å².